The monoisotopic (exact) mass is 476 g/mol. The molecular formula is CO3Pb2. The number of hydrogen-bond donors (Lipinski definition) is 0. The Morgan fingerprint density at radius 2 is 1.33 bits per heavy atom. The van der Waals surface area contributed by atoms with Crippen molar-refractivity contribution in [2.45, 2.75) is 0 Å². The fourth-order valence-corrected chi connectivity index (χ4v) is 0. The zero-order chi connectivity index (χ0) is 3.58. The predicted molar refractivity (Wildman–Crippen MR) is 16.9 cm³/mol. The average molecular weight is 474 g/mol. The minimum Gasteiger partial charge on any atom is -0.652 e. The van der Waals surface area contributed by atoms with Crippen LogP contribution in [0.2, 0.25) is 0 Å². The van der Waals surface area contributed by atoms with Crippen LogP contribution in [-0.4, -0.2) is 60.8 Å². The van der Waals surface area contributed by atoms with Crippen LogP contribution in [0.4, 0.5) is 4.79 Å². The van der Waals surface area contributed by atoms with Gasteiger partial charge in [-0.2, -0.15) is 0 Å². The number of carboxylic acid groups (broad SMARTS) is 2. The molecule has 0 aromatic rings. The maximum Gasteiger partial charge on any atom is 2.00 e. The fourth-order valence-electron chi connectivity index (χ4n) is 0. The normalized spacial score (nSPS) is 4.00. The number of carbonyl (C=O) groups is 1. The van der Waals surface area contributed by atoms with Crippen molar-refractivity contribution in [2.24, 2.45) is 0 Å². The van der Waals surface area contributed by atoms with Gasteiger partial charge in [-0.15, -0.1) is 0 Å². The molecule has 5 heteroatoms. The summed E-state index contributed by atoms with van der Waals surface area (Å²) in [5.41, 5.74) is 0. The Hall–Kier alpha value is 1.11. The van der Waals surface area contributed by atoms with Gasteiger partial charge in [-0.25, -0.2) is 0 Å². The molecule has 0 amide bonds. The number of hydrogen-bond acceptors (Lipinski definition) is 3. The van der Waals surface area contributed by atoms with E-state index < -0.39 is 6.16 Å². The Morgan fingerprint density at radius 1 is 1.33 bits per heavy atom. The Morgan fingerprint density at radius 3 is 1.33 bits per heavy atom. The molecule has 0 spiro atoms. The van der Waals surface area contributed by atoms with Gasteiger partial charge in [-0.1, -0.05) is 0 Å². The molecule has 0 saturated carbocycles. The quantitative estimate of drug-likeness (QED) is 0.348. The smallest absolute Gasteiger partial charge is 0.652 e. The van der Waals surface area contributed by atoms with Gasteiger partial charge >= 0.3 is 27.3 Å². The molecule has 30 valence electrons. The standard InChI is InChI=1S/CH2O3.2Pb/c2-1(3)4;;/h(H2,2,3,4);;/q;;+2/p-2. The van der Waals surface area contributed by atoms with Gasteiger partial charge in [0.1, 0.15) is 0 Å². The molecule has 0 rings (SSSR count). The van der Waals surface area contributed by atoms with E-state index in [0.717, 1.165) is 0 Å². The third-order valence-corrected chi connectivity index (χ3v) is 0. The third kappa shape index (κ3) is 69.7. The topological polar surface area (TPSA) is 63.2 Å². The second-order valence-corrected chi connectivity index (χ2v) is 0.250. The van der Waals surface area contributed by atoms with Crippen LogP contribution in [0.15, 0.2) is 0 Å². The van der Waals surface area contributed by atoms with Crippen LogP contribution in [0.5, 0.6) is 0 Å². The maximum absolute atomic E-state index is 8.33. The maximum atomic E-state index is 8.33. The molecule has 0 aromatic heterocycles. The van der Waals surface area contributed by atoms with Crippen molar-refractivity contribution in [1.29, 1.82) is 0 Å². The molecule has 0 fully saturated rings. The van der Waals surface area contributed by atoms with Crippen LogP contribution in [0.3, 0.4) is 0 Å². The Balaban J connectivity index is -0.0000000450. The zero-order valence-corrected chi connectivity index (χ0v) is 10.5. The van der Waals surface area contributed by atoms with E-state index >= 15 is 0 Å². The van der Waals surface area contributed by atoms with Gasteiger partial charge in [0.25, 0.3) is 0 Å². The number of rotatable bonds is 0. The van der Waals surface area contributed by atoms with E-state index in [0.29, 0.717) is 0 Å². The zero-order valence-electron chi connectivity index (χ0n) is 2.72. The van der Waals surface area contributed by atoms with Gasteiger partial charge in [-0.3, -0.25) is 0 Å². The minimum absolute atomic E-state index is 0. The van der Waals surface area contributed by atoms with Gasteiger partial charge in [0.15, 0.2) is 0 Å². The van der Waals surface area contributed by atoms with Crippen molar-refractivity contribution in [1.82, 2.24) is 0 Å². The summed E-state index contributed by atoms with van der Waals surface area (Å²) in [6.07, 6.45) is -2.33. The summed E-state index contributed by atoms with van der Waals surface area (Å²) >= 11 is 0. The van der Waals surface area contributed by atoms with Crippen LogP contribution >= 0.6 is 0 Å². The molecule has 0 aliphatic carbocycles. The average Bonchev–Trinajstić information content (AvgIpc) is 0.811. The molecule has 0 aromatic carbocycles. The van der Waals surface area contributed by atoms with E-state index in [1.165, 1.54) is 0 Å². The summed E-state index contributed by atoms with van der Waals surface area (Å²) in [5.74, 6) is 0. The van der Waals surface area contributed by atoms with Crippen molar-refractivity contribution >= 4 is 60.8 Å². The van der Waals surface area contributed by atoms with Gasteiger partial charge < -0.3 is 15.0 Å². The first-order chi connectivity index (χ1) is 1.73. The second-order valence-electron chi connectivity index (χ2n) is 0.250. The summed E-state index contributed by atoms with van der Waals surface area (Å²) in [4.78, 5) is 8.33. The first-order valence-electron chi connectivity index (χ1n) is 0.612. The second kappa shape index (κ2) is 9.45. The van der Waals surface area contributed by atoms with Crippen molar-refractivity contribution < 1.29 is 15.0 Å². The van der Waals surface area contributed by atoms with E-state index in [2.05, 4.69) is 0 Å². The van der Waals surface area contributed by atoms with Gasteiger partial charge in [-0.05, 0) is 6.16 Å². The Kier molecular flexibility index (Phi) is 24.7. The molecule has 0 atom stereocenters. The van der Waals surface area contributed by atoms with Crippen molar-refractivity contribution in [3.05, 3.63) is 0 Å². The first kappa shape index (κ1) is 15.7. The molecule has 0 saturated heterocycles. The third-order valence-electron chi connectivity index (χ3n) is 0. The summed E-state index contributed by atoms with van der Waals surface area (Å²) in [6, 6.07) is 0. The van der Waals surface area contributed by atoms with Crippen LogP contribution in [0.25, 0.3) is 0 Å². The predicted octanol–water partition coefficient (Wildman–Crippen LogP) is -3.21. The molecule has 0 heterocycles. The SMILES string of the molecule is O=C([O-])[O-].[Pb+2].[Pb]. The minimum atomic E-state index is -2.33. The van der Waals surface area contributed by atoms with Crippen LogP contribution in [0.1, 0.15) is 0 Å². The molecule has 0 N–H and O–H groups in total. The largest absolute Gasteiger partial charge is 2.00 e. The molecule has 6 radical (unpaired) electrons. The molecule has 3 nitrogen and oxygen atoms in total. The van der Waals surface area contributed by atoms with E-state index in [9.17, 15) is 0 Å². The van der Waals surface area contributed by atoms with E-state index in [4.69, 9.17) is 15.0 Å². The first-order valence-corrected chi connectivity index (χ1v) is 0.612. The van der Waals surface area contributed by atoms with Gasteiger partial charge in [0.05, 0.1) is 0 Å². The van der Waals surface area contributed by atoms with Gasteiger partial charge in [0, 0.05) is 27.3 Å². The molecule has 0 unspecified atom stereocenters. The Bertz CT molecular complexity index is 31.8. The molecule has 0 aliphatic heterocycles. The van der Waals surface area contributed by atoms with Crippen molar-refractivity contribution in [3.8, 4) is 0 Å². The van der Waals surface area contributed by atoms with Crippen molar-refractivity contribution in [2.75, 3.05) is 0 Å². The molecule has 0 bridgehead atoms. The summed E-state index contributed by atoms with van der Waals surface area (Å²) in [5, 5.41) is 16.7. The van der Waals surface area contributed by atoms with Gasteiger partial charge in [0.2, 0.25) is 0 Å². The van der Waals surface area contributed by atoms with Crippen LogP contribution in [0, 0.1) is 0 Å². The molecule has 6 heavy (non-hydrogen) atoms. The summed E-state index contributed by atoms with van der Waals surface area (Å²) in [7, 11) is 0. The van der Waals surface area contributed by atoms with E-state index in [1.807, 2.05) is 0 Å². The fraction of sp³-hybridized carbons (Fsp3) is 0. The van der Waals surface area contributed by atoms with Crippen LogP contribution < -0.4 is 10.2 Å². The number of carbonyl (C=O) groups excluding carboxylic acids is 1. The van der Waals surface area contributed by atoms with Crippen molar-refractivity contribution in [3.63, 3.8) is 0 Å². The van der Waals surface area contributed by atoms with E-state index in [-0.39, 0.29) is 54.6 Å². The molecular weight excluding hydrogens is 474 g/mol. The van der Waals surface area contributed by atoms with Crippen LogP contribution in [-0.2, 0) is 0 Å². The summed E-state index contributed by atoms with van der Waals surface area (Å²) < 4.78 is 0. The summed E-state index contributed by atoms with van der Waals surface area (Å²) in [6.45, 7) is 0. The van der Waals surface area contributed by atoms with E-state index in [1.54, 1.807) is 0 Å². The molecule has 0 aliphatic rings. The Labute approximate surface area is 75.1 Å².